The van der Waals surface area contributed by atoms with Crippen LogP contribution >= 0.6 is 0 Å². The van der Waals surface area contributed by atoms with Crippen LogP contribution in [0.5, 0.6) is 0 Å². The van der Waals surface area contributed by atoms with Gasteiger partial charge in [-0.3, -0.25) is 7.05 Å². The first-order chi connectivity index (χ1) is 3.93. The highest BCUT2D eigenvalue weighted by atomic mass is 15.0. The Morgan fingerprint density at radius 1 is 1.75 bits per heavy atom. The molecule has 2 nitrogen and oxygen atoms in total. The quantitative estimate of drug-likeness (QED) is 0.505. The van der Waals surface area contributed by atoms with Crippen LogP contribution in [0.25, 0.3) is 0 Å². The van der Waals surface area contributed by atoms with E-state index in [0.29, 0.717) is 6.04 Å². The van der Waals surface area contributed by atoms with E-state index in [9.17, 15) is 0 Å². The molecular formula is C6H12N2-. The first-order valence-corrected chi connectivity index (χ1v) is 3.09. The Morgan fingerprint density at radius 2 is 2.62 bits per heavy atom. The molecule has 47 valence electrons. The Kier molecular flexibility index (Phi) is 2.30. The third-order valence-electron chi connectivity index (χ3n) is 1.51. The second kappa shape index (κ2) is 3.05. The highest BCUT2D eigenvalue weighted by molar-refractivity contribution is 4.75. The molecule has 0 aromatic carbocycles. The van der Waals surface area contributed by atoms with E-state index in [4.69, 9.17) is 0 Å². The largest absolute Gasteiger partial charge is 0.423 e. The molecule has 1 aliphatic rings. The van der Waals surface area contributed by atoms with Crippen molar-refractivity contribution in [2.24, 2.45) is 0 Å². The van der Waals surface area contributed by atoms with Crippen molar-refractivity contribution in [2.75, 3.05) is 13.1 Å². The Hall–Kier alpha value is -0.0800. The molecule has 0 aliphatic carbocycles. The topological polar surface area (TPSA) is 26.1 Å². The lowest BCUT2D eigenvalue weighted by atomic mass is 10.2. The third kappa shape index (κ3) is 1.46. The lowest BCUT2D eigenvalue weighted by Gasteiger charge is -2.09. The Bertz CT molecular complexity index is 57.5. The van der Waals surface area contributed by atoms with E-state index in [1.54, 1.807) is 0 Å². The fraction of sp³-hybridized carbons (Fsp3) is 0.833. The van der Waals surface area contributed by atoms with Crippen LogP contribution in [-0.4, -0.2) is 19.1 Å². The summed E-state index contributed by atoms with van der Waals surface area (Å²) in [6.07, 6.45) is 2.58. The zero-order valence-electron chi connectivity index (χ0n) is 5.06. The van der Waals surface area contributed by atoms with Gasteiger partial charge in [-0.15, -0.1) is 0 Å². The first-order valence-electron chi connectivity index (χ1n) is 3.09. The minimum atomic E-state index is 0.632. The van der Waals surface area contributed by atoms with Crippen molar-refractivity contribution in [3.63, 3.8) is 0 Å². The molecule has 8 heavy (non-hydrogen) atoms. The molecule has 0 amide bonds. The van der Waals surface area contributed by atoms with Gasteiger partial charge < -0.3 is 10.6 Å². The molecule has 1 saturated heterocycles. The molecule has 0 aromatic heterocycles. The number of rotatable bonds is 2. The van der Waals surface area contributed by atoms with Crippen LogP contribution in [0.2, 0.25) is 0 Å². The van der Waals surface area contributed by atoms with E-state index in [1.165, 1.54) is 19.4 Å². The van der Waals surface area contributed by atoms with Gasteiger partial charge in [0.15, 0.2) is 0 Å². The van der Waals surface area contributed by atoms with Crippen molar-refractivity contribution in [2.45, 2.75) is 18.9 Å². The SMILES string of the molecule is [CH2-][N]C[C@@H]1CCCN1. The third-order valence-corrected chi connectivity index (χ3v) is 1.51. The monoisotopic (exact) mass is 112 g/mol. The second-order valence-corrected chi connectivity index (χ2v) is 2.20. The maximum atomic E-state index is 3.81. The van der Waals surface area contributed by atoms with Crippen molar-refractivity contribution in [1.82, 2.24) is 10.6 Å². The standard InChI is InChI=1S/C6H12N2/c1-7-5-6-3-2-4-8-6/h6,8H,1-5H2/q-1/t6-/m0/s1. The van der Waals surface area contributed by atoms with Crippen LogP contribution in [-0.2, 0) is 0 Å². The molecular weight excluding hydrogens is 100 g/mol. The Morgan fingerprint density at radius 3 is 3.12 bits per heavy atom. The smallest absolute Gasteiger partial charge is 0.0181 e. The molecule has 1 N–H and O–H groups in total. The van der Waals surface area contributed by atoms with Crippen LogP contribution in [0.15, 0.2) is 0 Å². The maximum absolute atomic E-state index is 3.81. The van der Waals surface area contributed by atoms with Gasteiger partial charge in [-0.1, -0.05) is 0 Å². The van der Waals surface area contributed by atoms with Crippen LogP contribution in [0, 0.1) is 7.05 Å². The number of hydrogen-bond acceptors (Lipinski definition) is 1. The second-order valence-electron chi connectivity index (χ2n) is 2.20. The van der Waals surface area contributed by atoms with Gasteiger partial charge in [-0.2, -0.15) is 0 Å². The van der Waals surface area contributed by atoms with Gasteiger partial charge in [0.2, 0.25) is 0 Å². The van der Waals surface area contributed by atoms with E-state index in [1.807, 2.05) is 0 Å². The van der Waals surface area contributed by atoms with Gasteiger partial charge >= 0.3 is 0 Å². The van der Waals surface area contributed by atoms with E-state index in [0.717, 1.165) is 6.54 Å². The summed E-state index contributed by atoms with van der Waals surface area (Å²) in [6.45, 7) is 2.06. The van der Waals surface area contributed by atoms with Crippen molar-refractivity contribution < 1.29 is 0 Å². The molecule has 1 aliphatic heterocycles. The predicted molar refractivity (Wildman–Crippen MR) is 33.4 cm³/mol. The summed E-state index contributed by atoms with van der Waals surface area (Å²) >= 11 is 0. The fourth-order valence-corrected chi connectivity index (χ4v) is 1.07. The lowest BCUT2D eigenvalue weighted by Crippen LogP contribution is -2.28. The van der Waals surface area contributed by atoms with Gasteiger partial charge in [-0.05, 0) is 25.9 Å². The van der Waals surface area contributed by atoms with Gasteiger partial charge in [0, 0.05) is 6.04 Å². The summed E-state index contributed by atoms with van der Waals surface area (Å²) in [7, 11) is 3.43. The van der Waals surface area contributed by atoms with E-state index < -0.39 is 0 Å². The number of nitrogens with one attached hydrogen (secondary N) is 1. The summed E-state index contributed by atoms with van der Waals surface area (Å²) in [6, 6.07) is 0.632. The van der Waals surface area contributed by atoms with Crippen LogP contribution in [0.1, 0.15) is 12.8 Å². The van der Waals surface area contributed by atoms with E-state index >= 15 is 0 Å². The van der Waals surface area contributed by atoms with Gasteiger partial charge in [-0.25, -0.2) is 0 Å². The summed E-state index contributed by atoms with van der Waals surface area (Å²) in [4.78, 5) is 0. The molecule has 0 aromatic rings. The average Bonchev–Trinajstić information content (AvgIpc) is 2.19. The van der Waals surface area contributed by atoms with Gasteiger partial charge in [0.1, 0.15) is 0 Å². The van der Waals surface area contributed by atoms with Crippen molar-refractivity contribution in [3.05, 3.63) is 7.05 Å². The van der Waals surface area contributed by atoms with Crippen molar-refractivity contribution in [3.8, 4) is 0 Å². The molecule has 1 fully saturated rings. The summed E-state index contributed by atoms with van der Waals surface area (Å²) in [5.74, 6) is 0. The molecule has 0 spiro atoms. The van der Waals surface area contributed by atoms with Gasteiger partial charge in [0.05, 0.1) is 0 Å². The Labute approximate surface area is 50.7 Å². The number of nitrogens with zero attached hydrogens (tertiary/aromatic N) is 1. The molecule has 1 radical (unpaired) electrons. The minimum absolute atomic E-state index is 0.632. The minimum Gasteiger partial charge on any atom is -0.423 e. The molecule has 1 heterocycles. The summed E-state index contributed by atoms with van der Waals surface area (Å²) < 4.78 is 0. The predicted octanol–water partition coefficient (Wildman–Crippen LogP) is 0.134. The van der Waals surface area contributed by atoms with Crippen LogP contribution in [0.3, 0.4) is 0 Å². The molecule has 1 rings (SSSR count). The lowest BCUT2D eigenvalue weighted by molar-refractivity contribution is 0.573. The zero-order chi connectivity index (χ0) is 5.82. The molecule has 2 heteroatoms. The van der Waals surface area contributed by atoms with Crippen molar-refractivity contribution in [1.29, 1.82) is 0 Å². The highest BCUT2D eigenvalue weighted by Gasteiger charge is 2.10. The number of hydrogen-bond donors (Lipinski definition) is 1. The van der Waals surface area contributed by atoms with Crippen molar-refractivity contribution >= 4 is 0 Å². The molecule has 0 bridgehead atoms. The summed E-state index contributed by atoms with van der Waals surface area (Å²) in [5.41, 5.74) is 0. The van der Waals surface area contributed by atoms with E-state index in [-0.39, 0.29) is 0 Å². The molecule has 0 unspecified atom stereocenters. The zero-order valence-corrected chi connectivity index (χ0v) is 5.06. The maximum Gasteiger partial charge on any atom is 0.0181 e. The first kappa shape index (κ1) is 6.05. The normalized spacial score (nSPS) is 28.9. The molecule has 0 saturated carbocycles. The summed E-state index contributed by atoms with van der Waals surface area (Å²) in [5, 5.41) is 7.13. The van der Waals surface area contributed by atoms with Gasteiger partial charge in [0.25, 0.3) is 0 Å². The van der Waals surface area contributed by atoms with Crippen LogP contribution < -0.4 is 10.6 Å². The fourth-order valence-electron chi connectivity index (χ4n) is 1.07. The average molecular weight is 112 g/mol. The van der Waals surface area contributed by atoms with E-state index in [2.05, 4.69) is 17.7 Å². The van der Waals surface area contributed by atoms with Crippen LogP contribution in [0.4, 0.5) is 0 Å². The molecule has 1 atom stereocenters. The highest BCUT2D eigenvalue weighted by Crippen LogP contribution is 2.02. The Balaban J connectivity index is 2.06.